The molecule has 0 fully saturated rings. The van der Waals surface area contributed by atoms with Crippen LogP contribution in [0, 0.1) is 10.1 Å². The average molecular weight is 325 g/mol. The van der Waals surface area contributed by atoms with Crippen molar-refractivity contribution in [2.24, 2.45) is 0 Å². The van der Waals surface area contributed by atoms with E-state index in [2.05, 4.69) is 31.1 Å². The highest BCUT2D eigenvalue weighted by Gasteiger charge is 2.12. The third kappa shape index (κ3) is 4.74. The molecular weight excluding hydrogens is 306 g/mol. The number of nitrogens with one attached hydrogen (secondary N) is 1. The van der Waals surface area contributed by atoms with Gasteiger partial charge in [-0.05, 0) is 28.7 Å². The van der Waals surface area contributed by atoms with E-state index in [4.69, 9.17) is 0 Å². The smallest absolute Gasteiger partial charge is 0.287 e. The maximum Gasteiger partial charge on any atom is 0.287 e. The molecule has 0 saturated carbocycles. The Kier molecular flexibility index (Phi) is 5.08. The van der Waals surface area contributed by atoms with Crippen LogP contribution in [0.3, 0.4) is 0 Å². The number of hydrogen-bond acceptors (Lipinski definition) is 4. The first-order valence-electron chi connectivity index (χ1n) is 7.46. The molecule has 0 unspecified atom stereocenters. The van der Waals surface area contributed by atoms with Crippen molar-refractivity contribution < 1.29 is 9.72 Å². The Bertz CT molecular complexity index is 758. The highest BCUT2D eigenvalue weighted by molar-refractivity contribution is 6.01. The molecule has 0 atom stereocenters. The van der Waals surface area contributed by atoms with E-state index in [9.17, 15) is 14.9 Å². The first-order chi connectivity index (χ1) is 11.3. The summed E-state index contributed by atoms with van der Waals surface area (Å²) < 4.78 is 0. The number of anilines is 1. The number of hydrogen-bond donors (Lipinski definition) is 1. The van der Waals surface area contributed by atoms with Crippen molar-refractivity contribution in [3.8, 4) is 0 Å². The number of amides is 1. The molecule has 0 radical (unpaired) electrons. The van der Waals surface area contributed by atoms with Crippen LogP contribution in [0.2, 0.25) is 0 Å². The molecule has 1 N–H and O–H groups in total. The van der Waals surface area contributed by atoms with Crippen LogP contribution in [0.15, 0.2) is 48.7 Å². The molecule has 2 rings (SSSR count). The average Bonchev–Trinajstić information content (AvgIpc) is 2.53. The van der Waals surface area contributed by atoms with Crippen LogP contribution < -0.4 is 5.32 Å². The van der Waals surface area contributed by atoms with Gasteiger partial charge in [0, 0.05) is 12.1 Å². The lowest BCUT2D eigenvalue weighted by molar-refractivity contribution is -0.385. The van der Waals surface area contributed by atoms with Gasteiger partial charge in [-0.25, -0.2) is 4.98 Å². The predicted molar refractivity (Wildman–Crippen MR) is 93.7 cm³/mol. The second kappa shape index (κ2) is 7.04. The number of carbonyl (C=O) groups excluding carboxylic acids is 1. The van der Waals surface area contributed by atoms with Crippen molar-refractivity contribution >= 4 is 23.5 Å². The highest BCUT2D eigenvalue weighted by atomic mass is 16.6. The Morgan fingerprint density at radius 1 is 1.17 bits per heavy atom. The lowest BCUT2D eigenvalue weighted by Crippen LogP contribution is -2.10. The van der Waals surface area contributed by atoms with Gasteiger partial charge in [-0.15, -0.1) is 0 Å². The van der Waals surface area contributed by atoms with Crippen molar-refractivity contribution in [1.29, 1.82) is 0 Å². The van der Waals surface area contributed by atoms with E-state index in [1.54, 1.807) is 6.08 Å². The van der Waals surface area contributed by atoms with E-state index in [0.717, 1.165) is 11.8 Å². The Morgan fingerprint density at radius 3 is 2.33 bits per heavy atom. The minimum absolute atomic E-state index is 0.0845. The molecular formula is C18H19N3O3. The van der Waals surface area contributed by atoms with E-state index >= 15 is 0 Å². The summed E-state index contributed by atoms with van der Waals surface area (Å²) >= 11 is 0. The Hall–Kier alpha value is -3.02. The fourth-order valence-corrected chi connectivity index (χ4v) is 2.00. The molecule has 6 nitrogen and oxygen atoms in total. The molecule has 0 aliphatic rings. The van der Waals surface area contributed by atoms with Gasteiger partial charge >= 0.3 is 0 Å². The zero-order valence-electron chi connectivity index (χ0n) is 13.8. The van der Waals surface area contributed by atoms with E-state index in [-0.39, 0.29) is 22.8 Å². The van der Waals surface area contributed by atoms with Gasteiger partial charge < -0.3 is 5.32 Å². The SMILES string of the molecule is CC(C)(C)c1ccc(/C=C/C(=O)Nc2ccc([N+](=O)[O-])cn2)cc1. The quantitative estimate of drug-likeness (QED) is 0.524. The van der Waals surface area contributed by atoms with Gasteiger partial charge in [0.05, 0.1) is 4.92 Å². The lowest BCUT2D eigenvalue weighted by atomic mass is 9.87. The largest absolute Gasteiger partial charge is 0.307 e. The molecule has 1 heterocycles. The molecule has 0 aliphatic carbocycles. The number of aromatic nitrogens is 1. The Balaban J connectivity index is 1.98. The Labute approximate surface area is 140 Å². The van der Waals surface area contributed by atoms with Gasteiger partial charge in [-0.3, -0.25) is 14.9 Å². The summed E-state index contributed by atoms with van der Waals surface area (Å²) in [7, 11) is 0. The van der Waals surface area contributed by atoms with E-state index in [1.807, 2.05) is 24.3 Å². The number of carbonyl (C=O) groups is 1. The normalized spacial score (nSPS) is 11.5. The molecule has 1 aromatic carbocycles. The molecule has 1 amide bonds. The number of nitro groups is 1. The monoisotopic (exact) mass is 325 g/mol. The summed E-state index contributed by atoms with van der Waals surface area (Å²) in [4.78, 5) is 25.7. The van der Waals surface area contributed by atoms with Crippen LogP contribution in [-0.2, 0) is 10.2 Å². The highest BCUT2D eigenvalue weighted by Crippen LogP contribution is 2.22. The van der Waals surface area contributed by atoms with Gasteiger partial charge in [-0.1, -0.05) is 45.0 Å². The lowest BCUT2D eigenvalue weighted by Gasteiger charge is -2.18. The predicted octanol–water partition coefficient (Wildman–Crippen LogP) is 3.94. The zero-order valence-corrected chi connectivity index (χ0v) is 13.8. The van der Waals surface area contributed by atoms with E-state index in [1.165, 1.54) is 23.8 Å². The van der Waals surface area contributed by atoms with Gasteiger partial charge in [0.1, 0.15) is 12.0 Å². The van der Waals surface area contributed by atoms with Crippen molar-refractivity contribution in [2.75, 3.05) is 5.32 Å². The van der Waals surface area contributed by atoms with E-state index in [0.29, 0.717) is 0 Å². The fraction of sp³-hybridized carbons (Fsp3) is 0.222. The summed E-state index contributed by atoms with van der Waals surface area (Å²) in [5.74, 6) is -0.0884. The van der Waals surface area contributed by atoms with Crippen LogP contribution >= 0.6 is 0 Å². The molecule has 0 aliphatic heterocycles. The van der Waals surface area contributed by atoms with Gasteiger partial charge in [0.25, 0.3) is 5.69 Å². The fourth-order valence-electron chi connectivity index (χ4n) is 2.00. The molecule has 6 heteroatoms. The van der Waals surface area contributed by atoms with Gasteiger partial charge in [0.15, 0.2) is 0 Å². The van der Waals surface area contributed by atoms with E-state index < -0.39 is 4.92 Å². The second-order valence-corrected chi connectivity index (χ2v) is 6.35. The third-order valence-corrected chi connectivity index (χ3v) is 3.41. The topological polar surface area (TPSA) is 85.1 Å². The maximum absolute atomic E-state index is 11.9. The van der Waals surface area contributed by atoms with Crippen molar-refractivity contribution in [2.45, 2.75) is 26.2 Å². The molecule has 124 valence electrons. The number of nitrogens with zero attached hydrogens (tertiary/aromatic N) is 2. The molecule has 24 heavy (non-hydrogen) atoms. The van der Waals surface area contributed by atoms with Crippen molar-refractivity contribution in [3.05, 3.63) is 69.9 Å². The summed E-state index contributed by atoms with van der Waals surface area (Å²) in [5, 5.41) is 13.1. The molecule has 0 saturated heterocycles. The van der Waals surface area contributed by atoms with Crippen LogP contribution in [0.4, 0.5) is 11.5 Å². The molecule has 0 spiro atoms. The summed E-state index contributed by atoms with van der Waals surface area (Å²) in [5.41, 5.74) is 2.10. The van der Waals surface area contributed by atoms with Gasteiger partial charge in [0.2, 0.25) is 5.91 Å². The number of rotatable bonds is 4. The molecule has 1 aromatic heterocycles. The summed E-state index contributed by atoms with van der Waals surface area (Å²) in [6, 6.07) is 10.7. The van der Waals surface area contributed by atoms with Crippen LogP contribution in [0.5, 0.6) is 0 Å². The third-order valence-electron chi connectivity index (χ3n) is 3.41. The second-order valence-electron chi connectivity index (χ2n) is 6.35. The number of benzene rings is 1. The first-order valence-corrected chi connectivity index (χ1v) is 7.46. The first kappa shape index (κ1) is 17.3. The minimum atomic E-state index is -0.542. The molecule has 0 bridgehead atoms. The zero-order chi connectivity index (χ0) is 17.7. The summed E-state index contributed by atoms with van der Waals surface area (Å²) in [6.45, 7) is 6.42. The van der Waals surface area contributed by atoms with Crippen LogP contribution in [0.1, 0.15) is 31.9 Å². The molecule has 2 aromatic rings. The minimum Gasteiger partial charge on any atom is -0.307 e. The number of pyridine rings is 1. The Morgan fingerprint density at radius 2 is 1.83 bits per heavy atom. The maximum atomic E-state index is 11.9. The summed E-state index contributed by atoms with van der Waals surface area (Å²) in [6.07, 6.45) is 4.20. The van der Waals surface area contributed by atoms with Crippen molar-refractivity contribution in [1.82, 2.24) is 4.98 Å². The van der Waals surface area contributed by atoms with Gasteiger partial charge in [-0.2, -0.15) is 0 Å². The van der Waals surface area contributed by atoms with Crippen molar-refractivity contribution in [3.63, 3.8) is 0 Å². The van der Waals surface area contributed by atoms with Crippen LogP contribution in [-0.4, -0.2) is 15.8 Å². The van der Waals surface area contributed by atoms with Crippen LogP contribution in [0.25, 0.3) is 6.08 Å². The standard InChI is InChI=1S/C18H19N3O3/c1-18(2,3)14-7-4-13(5-8-14)6-11-17(22)20-16-10-9-15(12-19-16)21(23)24/h4-12H,1-3H3,(H,19,20,22)/b11-6+.